The van der Waals surface area contributed by atoms with Crippen molar-refractivity contribution in [3.63, 3.8) is 0 Å². The minimum Gasteiger partial charge on any atom is -0.491 e. The van der Waals surface area contributed by atoms with Gasteiger partial charge < -0.3 is 14.8 Å². The second-order valence-corrected chi connectivity index (χ2v) is 6.94. The first-order chi connectivity index (χ1) is 11.5. The number of carbonyl (C=O) groups excluding carboxylic acids is 1. The van der Waals surface area contributed by atoms with E-state index in [9.17, 15) is 4.79 Å². The molecule has 4 nitrogen and oxygen atoms in total. The van der Waals surface area contributed by atoms with E-state index in [-0.39, 0.29) is 12.0 Å². The lowest BCUT2D eigenvalue weighted by atomic mass is 9.92. The Morgan fingerprint density at radius 3 is 2.42 bits per heavy atom. The average molecular weight is 333 g/mol. The van der Waals surface area contributed by atoms with Crippen LogP contribution in [0, 0.1) is 6.92 Å². The Balaban J connectivity index is 2.13. The van der Waals surface area contributed by atoms with E-state index in [4.69, 9.17) is 9.47 Å². The van der Waals surface area contributed by atoms with Gasteiger partial charge in [-0.1, -0.05) is 25.7 Å². The molecule has 0 radical (unpaired) electrons. The molecule has 1 aromatic rings. The molecule has 0 spiro atoms. The molecule has 4 heteroatoms. The summed E-state index contributed by atoms with van der Waals surface area (Å²) in [5.74, 6) is 0.847. The molecule has 0 unspecified atom stereocenters. The number of hydrogen-bond donors (Lipinski definition) is 1. The fraction of sp³-hybridized carbons (Fsp3) is 0.650. The van der Waals surface area contributed by atoms with Crippen LogP contribution < -0.4 is 10.1 Å². The number of nitrogens with one attached hydrogen (secondary N) is 1. The van der Waals surface area contributed by atoms with Crippen molar-refractivity contribution in [3.05, 3.63) is 23.8 Å². The molecule has 0 atom stereocenters. The topological polar surface area (TPSA) is 47.6 Å². The summed E-state index contributed by atoms with van der Waals surface area (Å²) in [5, 5.41) is 3.07. The molecule has 0 bridgehead atoms. The van der Waals surface area contributed by atoms with Gasteiger partial charge in [0.05, 0.1) is 6.10 Å². The maximum Gasteiger partial charge on any atom is 0.256 e. The summed E-state index contributed by atoms with van der Waals surface area (Å²) >= 11 is 0. The van der Waals surface area contributed by atoms with E-state index in [1.165, 1.54) is 12.8 Å². The number of rotatable bonds is 6. The molecule has 0 heterocycles. The lowest BCUT2D eigenvalue weighted by Crippen LogP contribution is -2.45. The Morgan fingerprint density at radius 2 is 1.88 bits per heavy atom. The van der Waals surface area contributed by atoms with Crippen LogP contribution >= 0.6 is 0 Å². The summed E-state index contributed by atoms with van der Waals surface area (Å²) in [6.07, 6.45) is 6.21. The smallest absolute Gasteiger partial charge is 0.256 e. The maximum absolute atomic E-state index is 12.9. The van der Waals surface area contributed by atoms with Crippen LogP contribution in [0.4, 0.5) is 5.69 Å². The van der Waals surface area contributed by atoms with E-state index in [1.807, 2.05) is 45.9 Å². The van der Waals surface area contributed by atoms with Gasteiger partial charge >= 0.3 is 0 Å². The van der Waals surface area contributed by atoms with Crippen molar-refractivity contribution in [2.45, 2.75) is 77.9 Å². The number of ether oxygens (including phenoxy) is 2. The van der Waals surface area contributed by atoms with Crippen molar-refractivity contribution in [3.8, 4) is 5.75 Å². The highest BCUT2D eigenvalue weighted by Gasteiger charge is 2.39. The zero-order valence-corrected chi connectivity index (χ0v) is 15.5. The average Bonchev–Trinajstić information content (AvgIpc) is 2.76. The monoisotopic (exact) mass is 333 g/mol. The van der Waals surface area contributed by atoms with Crippen LogP contribution in [0.15, 0.2) is 18.2 Å². The van der Waals surface area contributed by atoms with Gasteiger partial charge in [-0.15, -0.1) is 0 Å². The van der Waals surface area contributed by atoms with Crippen molar-refractivity contribution < 1.29 is 14.3 Å². The number of hydrogen-bond acceptors (Lipinski definition) is 3. The Kier molecular flexibility index (Phi) is 6.67. The van der Waals surface area contributed by atoms with Gasteiger partial charge in [-0.2, -0.15) is 0 Å². The van der Waals surface area contributed by atoms with Crippen molar-refractivity contribution in [1.29, 1.82) is 0 Å². The minimum atomic E-state index is -0.674. The number of amides is 1. The highest BCUT2D eigenvalue weighted by atomic mass is 16.5. The second kappa shape index (κ2) is 8.52. The van der Waals surface area contributed by atoms with Crippen LogP contribution in [0.3, 0.4) is 0 Å². The lowest BCUT2D eigenvalue weighted by molar-refractivity contribution is -0.143. The summed E-state index contributed by atoms with van der Waals surface area (Å²) in [5.41, 5.74) is 1.15. The van der Waals surface area contributed by atoms with Crippen molar-refractivity contribution in [1.82, 2.24) is 0 Å². The second-order valence-electron chi connectivity index (χ2n) is 6.94. The van der Waals surface area contributed by atoms with Crippen molar-refractivity contribution >= 4 is 11.6 Å². The first kappa shape index (κ1) is 18.8. The lowest BCUT2D eigenvalue weighted by Gasteiger charge is -2.31. The Morgan fingerprint density at radius 1 is 1.21 bits per heavy atom. The third kappa shape index (κ3) is 4.73. The molecule has 1 aliphatic carbocycles. The molecule has 134 valence electrons. The Bertz CT molecular complexity index is 546. The van der Waals surface area contributed by atoms with E-state index >= 15 is 0 Å². The van der Waals surface area contributed by atoms with Crippen molar-refractivity contribution in [2.24, 2.45) is 0 Å². The number of aryl methyl sites for hydroxylation is 1. The summed E-state index contributed by atoms with van der Waals surface area (Å²) in [4.78, 5) is 12.9. The zero-order chi connectivity index (χ0) is 17.6. The SMILES string of the molecule is CCOC1(C(=O)Nc2ccc(OC(C)C)c(C)c2)CCCCCC1. The normalized spacial score (nSPS) is 17.4. The number of anilines is 1. The van der Waals surface area contributed by atoms with Gasteiger partial charge in [0.2, 0.25) is 0 Å². The van der Waals surface area contributed by atoms with E-state index in [0.29, 0.717) is 6.61 Å². The molecule has 0 aliphatic heterocycles. The molecule has 1 aliphatic rings. The molecule has 1 aromatic carbocycles. The maximum atomic E-state index is 12.9. The molecule has 24 heavy (non-hydrogen) atoms. The van der Waals surface area contributed by atoms with Crippen LogP contribution in [0.1, 0.15) is 64.9 Å². The highest BCUT2D eigenvalue weighted by molar-refractivity contribution is 5.97. The molecule has 2 rings (SSSR count). The van der Waals surface area contributed by atoms with Gasteiger partial charge in [0.25, 0.3) is 5.91 Å². The first-order valence-corrected chi connectivity index (χ1v) is 9.19. The van der Waals surface area contributed by atoms with Crippen LogP contribution in [-0.2, 0) is 9.53 Å². The van der Waals surface area contributed by atoms with Gasteiger partial charge in [0.1, 0.15) is 11.4 Å². The van der Waals surface area contributed by atoms with Gasteiger partial charge in [-0.25, -0.2) is 0 Å². The molecule has 1 fully saturated rings. The summed E-state index contributed by atoms with van der Waals surface area (Å²) in [7, 11) is 0. The van der Waals surface area contributed by atoms with Gasteiger partial charge in [-0.3, -0.25) is 4.79 Å². The Hall–Kier alpha value is -1.55. The van der Waals surface area contributed by atoms with E-state index in [2.05, 4.69) is 5.32 Å². The summed E-state index contributed by atoms with van der Waals surface area (Å²) in [6, 6.07) is 5.79. The van der Waals surface area contributed by atoms with Crippen molar-refractivity contribution in [2.75, 3.05) is 11.9 Å². The van der Waals surface area contributed by atoms with E-state index in [0.717, 1.165) is 42.7 Å². The molecular weight excluding hydrogens is 302 g/mol. The molecule has 1 amide bonds. The fourth-order valence-corrected chi connectivity index (χ4v) is 3.37. The third-order valence-corrected chi connectivity index (χ3v) is 4.54. The Labute approximate surface area is 145 Å². The number of benzene rings is 1. The molecular formula is C20H31NO3. The van der Waals surface area contributed by atoms with Crippen LogP contribution in [0.2, 0.25) is 0 Å². The largest absolute Gasteiger partial charge is 0.491 e. The predicted molar refractivity (Wildman–Crippen MR) is 97.6 cm³/mol. The summed E-state index contributed by atoms with van der Waals surface area (Å²) in [6.45, 7) is 8.53. The predicted octanol–water partition coefficient (Wildman–Crippen LogP) is 4.85. The van der Waals surface area contributed by atoms with E-state index in [1.54, 1.807) is 0 Å². The zero-order valence-electron chi connectivity index (χ0n) is 15.5. The minimum absolute atomic E-state index is 0.0109. The third-order valence-electron chi connectivity index (χ3n) is 4.54. The van der Waals surface area contributed by atoms with Crippen LogP contribution in [-0.4, -0.2) is 24.2 Å². The standard InChI is InChI=1S/C20H31NO3/c1-5-23-20(12-8-6-7-9-13-20)19(22)21-17-10-11-18(16(4)14-17)24-15(2)3/h10-11,14-15H,5-9,12-13H2,1-4H3,(H,21,22). The molecule has 0 saturated heterocycles. The highest BCUT2D eigenvalue weighted by Crippen LogP contribution is 2.32. The van der Waals surface area contributed by atoms with Gasteiger partial charge in [-0.05, 0) is 64.3 Å². The van der Waals surface area contributed by atoms with Crippen LogP contribution in [0.25, 0.3) is 0 Å². The molecule has 0 aromatic heterocycles. The fourth-order valence-electron chi connectivity index (χ4n) is 3.37. The van der Waals surface area contributed by atoms with Gasteiger partial charge in [0.15, 0.2) is 0 Å². The molecule has 1 N–H and O–H groups in total. The first-order valence-electron chi connectivity index (χ1n) is 9.19. The quantitative estimate of drug-likeness (QED) is 0.757. The van der Waals surface area contributed by atoms with Crippen LogP contribution in [0.5, 0.6) is 5.75 Å². The number of carbonyl (C=O) groups is 1. The molecule has 1 saturated carbocycles. The summed E-state index contributed by atoms with van der Waals surface area (Å²) < 4.78 is 11.7. The van der Waals surface area contributed by atoms with Gasteiger partial charge in [0, 0.05) is 12.3 Å². The van der Waals surface area contributed by atoms with E-state index < -0.39 is 5.60 Å².